The number of halogens is 4. The number of benzene rings is 2. The van der Waals surface area contributed by atoms with Crippen molar-refractivity contribution in [1.29, 1.82) is 0 Å². The van der Waals surface area contributed by atoms with Gasteiger partial charge in [0, 0.05) is 64.7 Å². The summed E-state index contributed by atoms with van der Waals surface area (Å²) < 4.78 is 59.5. The Balaban J connectivity index is 1.50. The lowest BCUT2D eigenvalue weighted by Crippen LogP contribution is -2.38. The molecule has 0 unspecified atom stereocenters. The number of methoxy groups -OCH3 is 1. The van der Waals surface area contributed by atoms with Gasteiger partial charge in [-0.2, -0.15) is 13.2 Å². The number of alkyl halides is 3. The molecule has 7 nitrogen and oxygen atoms in total. The van der Waals surface area contributed by atoms with E-state index in [1.165, 1.54) is 18.2 Å². The van der Waals surface area contributed by atoms with Crippen molar-refractivity contribution >= 4 is 28.4 Å². The molecule has 1 aliphatic heterocycles. The van der Waals surface area contributed by atoms with E-state index in [1.54, 1.807) is 12.0 Å². The molecule has 0 bridgehead atoms. The number of fused-ring (bicyclic) bond motifs is 1. The third kappa shape index (κ3) is 6.19. The highest BCUT2D eigenvalue weighted by molar-refractivity contribution is 6.11. The minimum absolute atomic E-state index is 0.104. The van der Waals surface area contributed by atoms with Crippen LogP contribution in [0.2, 0.25) is 0 Å². The van der Waals surface area contributed by atoms with Crippen molar-refractivity contribution in [3.8, 4) is 0 Å². The van der Waals surface area contributed by atoms with Crippen LogP contribution < -0.4 is 10.2 Å². The number of amides is 2. The van der Waals surface area contributed by atoms with E-state index in [9.17, 15) is 27.2 Å². The number of aromatic nitrogens is 1. The van der Waals surface area contributed by atoms with Gasteiger partial charge in [-0.25, -0.2) is 4.39 Å². The first-order valence-corrected chi connectivity index (χ1v) is 12.7. The van der Waals surface area contributed by atoms with Crippen molar-refractivity contribution < 1.29 is 31.9 Å². The van der Waals surface area contributed by atoms with E-state index in [-0.39, 0.29) is 18.4 Å². The quantitative estimate of drug-likeness (QED) is 0.415. The lowest BCUT2D eigenvalue weighted by Gasteiger charge is -2.32. The number of anilines is 1. The predicted octanol–water partition coefficient (Wildman–Crippen LogP) is 4.69. The standard InChI is InChI=1S/C28H32F4N4O3/c1-34(2)23-5-4-6-24-25(23)21(17-36(24)13-14-39-3)26(37)35-11-9-19(10-12-35)20-15-18(7-8-22(20)29)16-33-27(38)28(30,31)32/h4-8,15,17,19H,9-14,16H2,1-3H3,(H,33,38). The van der Waals surface area contributed by atoms with Crippen molar-refractivity contribution in [3.05, 3.63) is 65.1 Å². The number of hydrogen-bond acceptors (Lipinski definition) is 4. The zero-order valence-corrected chi connectivity index (χ0v) is 22.1. The third-order valence-electron chi connectivity index (χ3n) is 7.13. The summed E-state index contributed by atoms with van der Waals surface area (Å²) in [7, 11) is 5.49. The number of likely N-dealkylation sites (tertiary alicyclic amines) is 1. The molecule has 39 heavy (non-hydrogen) atoms. The van der Waals surface area contributed by atoms with E-state index < -0.39 is 17.9 Å². The predicted molar refractivity (Wildman–Crippen MR) is 140 cm³/mol. The second-order valence-electron chi connectivity index (χ2n) is 9.90. The van der Waals surface area contributed by atoms with Crippen LogP contribution in [-0.2, 0) is 22.6 Å². The Bertz CT molecular complexity index is 1340. The van der Waals surface area contributed by atoms with Gasteiger partial charge >= 0.3 is 12.1 Å². The first-order valence-electron chi connectivity index (χ1n) is 12.7. The molecule has 0 atom stereocenters. The molecule has 2 aromatic carbocycles. The van der Waals surface area contributed by atoms with Crippen LogP contribution in [0, 0.1) is 5.82 Å². The topological polar surface area (TPSA) is 66.8 Å². The fourth-order valence-electron chi connectivity index (χ4n) is 5.11. The van der Waals surface area contributed by atoms with Gasteiger partial charge in [0.25, 0.3) is 5.91 Å². The summed E-state index contributed by atoms with van der Waals surface area (Å²) in [6, 6.07) is 9.97. The zero-order valence-electron chi connectivity index (χ0n) is 22.1. The van der Waals surface area contributed by atoms with Crippen LogP contribution in [0.5, 0.6) is 0 Å². The number of carbonyl (C=O) groups is 2. The summed E-state index contributed by atoms with van der Waals surface area (Å²) >= 11 is 0. The molecular weight excluding hydrogens is 516 g/mol. The van der Waals surface area contributed by atoms with E-state index >= 15 is 0 Å². The fraction of sp³-hybridized carbons (Fsp3) is 0.429. The average Bonchev–Trinajstić information content (AvgIpc) is 3.29. The van der Waals surface area contributed by atoms with Gasteiger partial charge in [-0.1, -0.05) is 18.2 Å². The first-order chi connectivity index (χ1) is 18.5. The van der Waals surface area contributed by atoms with Crippen molar-refractivity contribution in [2.24, 2.45) is 0 Å². The average molecular weight is 549 g/mol. The highest BCUT2D eigenvalue weighted by atomic mass is 19.4. The van der Waals surface area contributed by atoms with E-state index in [2.05, 4.69) is 0 Å². The molecular formula is C28H32F4N4O3. The van der Waals surface area contributed by atoms with Gasteiger partial charge in [-0.3, -0.25) is 9.59 Å². The third-order valence-corrected chi connectivity index (χ3v) is 7.13. The molecule has 1 aliphatic rings. The Kier molecular flexibility index (Phi) is 8.48. The van der Waals surface area contributed by atoms with E-state index in [0.717, 1.165) is 16.6 Å². The number of nitrogens with one attached hydrogen (secondary N) is 1. The minimum Gasteiger partial charge on any atom is -0.383 e. The molecule has 2 amide bonds. The number of carbonyl (C=O) groups excluding carboxylic acids is 2. The number of piperidine rings is 1. The van der Waals surface area contributed by atoms with Gasteiger partial charge in [-0.15, -0.1) is 0 Å². The summed E-state index contributed by atoms with van der Waals surface area (Å²) in [5, 5.41) is 2.68. The van der Waals surface area contributed by atoms with Crippen LogP contribution in [0.15, 0.2) is 42.6 Å². The number of rotatable bonds is 8. The van der Waals surface area contributed by atoms with Gasteiger partial charge in [-0.05, 0) is 48.1 Å². The molecule has 0 radical (unpaired) electrons. The molecule has 1 fully saturated rings. The molecule has 2 heterocycles. The second kappa shape index (κ2) is 11.6. The van der Waals surface area contributed by atoms with Gasteiger partial charge in [0.1, 0.15) is 5.82 Å². The maximum atomic E-state index is 14.7. The minimum atomic E-state index is -4.98. The molecule has 0 aliphatic carbocycles. The molecule has 210 valence electrons. The SMILES string of the molecule is COCCn1cc(C(=O)N2CCC(c3cc(CNC(=O)C(F)(F)F)ccc3F)CC2)c2c(N(C)C)cccc21. The second-order valence-corrected chi connectivity index (χ2v) is 9.90. The number of nitrogens with zero attached hydrogens (tertiary/aromatic N) is 3. The smallest absolute Gasteiger partial charge is 0.383 e. The normalized spacial score (nSPS) is 14.6. The maximum Gasteiger partial charge on any atom is 0.471 e. The highest BCUT2D eigenvalue weighted by Gasteiger charge is 2.38. The number of hydrogen-bond donors (Lipinski definition) is 1. The van der Waals surface area contributed by atoms with Crippen molar-refractivity contribution in [1.82, 2.24) is 14.8 Å². The largest absolute Gasteiger partial charge is 0.471 e. The molecule has 1 saturated heterocycles. The Morgan fingerprint density at radius 1 is 1.13 bits per heavy atom. The summed E-state index contributed by atoms with van der Waals surface area (Å²) in [6.45, 7) is 1.56. The lowest BCUT2D eigenvalue weighted by atomic mass is 9.88. The number of ether oxygens (including phenoxy) is 1. The molecule has 1 N–H and O–H groups in total. The van der Waals surface area contributed by atoms with Crippen LogP contribution in [0.25, 0.3) is 10.9 Å². The highest BCUT2D eigenvalue weighted by Crippen LogP contribution is 2.34. The summed E-state index contributed by atoms with van der Waals surface area (Å²) in [5.41, 5.74) is 3.22. The van der Waals surface area contributed by atoms with Crippen LogP contribution >= 0.6 is 0 Å². The van der Waals surface area contributed by atoms with E-state index in [4.69, 9.17) is 4.74 Å². The fourth-order valence-corrected chi connectivity index (χ4v) is 5.11. The van der Waals surface area contributed by atoms with Crippen LogP contribution in [0.1, 0.15) is 40.2 Å². The van der Waals surface area contributed by atoms with Crippen LogP contribution in [0.4, 0.5) is 23.2 Å². The summed E-state index contributed by atoms with van der Waals surface area (Å²) in [4.78, 5) is 28.6. The van der Waals surface area contributed by atoms with E-state index in [0.29, 0.717) is 55.8 Å². The summed E-state index contributed by atoms with van der Waals surface area (Å²) in [5.74, 6) is -2.80. The van der Waals surface area contributed by atoms with Crippen molar-refractivity contribution in [2.75, 3.05) is 45.8 Å². The lowest BCUT2D eigenvalue weighted by molar-refractivity contribution is -0.173. The van der Waals surface area contributed by atoms with Crippen molar-refractivity contribution in [3.63, 3.8) is 0 Å². The molecule has 1 aromatic heterocycles. The monoisotopic (exact) mass is 548 g/mol. The van der Waals surface area contributed by atoms with Crippen LogP contribution in [0.3, 0.4) is 0 Å². The van der Waals surface area contributed by atoms with Gasteiger partial charge in [0.15, 0.2) is 0 Å². The molecule has 0 saturated carbocycles. The molecule has 3 aromatic rings. The van der Waals surface area contributed by atoms with Gasteiger partial charge < -0.3 is 24.4 Å². The van der Waals surface area contributed by atoms with Crippen LogP contribution in [-0.4, -0.2) is 68.4 Å². The maximum absolute atomic E-state index is 14.7. The Morgan fingerprint density at radius 2 is 1.85 bits per heavy atom. The first kappa shape index (κ1) is 28.4. The summed E-state index contributed by atoms with van der Waals surface area (Å²) in [6.07, 6.45) is -2.11. The van der Waals surface area contributed by atoms with Crippen molar-refractivity contribution in [2.45, 2.75) is 38.0 Å². The Hall–Kier alpha value is -3.60. The Morgan fingerprint density at radius 3 is 2.49 bits per heavy atom. The Labute approximate surface area is 224 Å². The zero-order chi connectivity index (χ0) is 28.3. The molecule has 11 heteroatoms. The molecule has 4 rings (SSSR count). The van der Waals surface area contributed by atoms with Gasteiger partial charge in [0.05, 0.1) is 17.7 Å². The van der Waals surface area contributed by atoms with Gasteiger partial charge in [0.2, 0.25) is 0 Å². The molecule has 0 spiro atoms. The van der Waals surface area contributed by atoms with E-state index in [1.807, 2.05) is 53.3 Å².